The number of ether oxygens (including phenoxy) is 1. The van der Waals surface area contributed by atoms with Crippen LogP contribution in [-0.2, 0) is 10.0 Å². The number of nitrogens with zero attached hydrogens (tertiary/aromatic N) is 1. The highest BCUT2D eigenvalue weighted by Gasteiger charge is 2.25. The first kappa shape index (κ1) is 14.3. The average Bonchev–Trinajstić information content (AvgIpc) is 2.41. The van der Waals surface area contributed by atoms with Gasteiger partial charge in [-0.2, -0.15) is 0 Å². The van der Waals surface area contributed by atoms with E-state index in [0.717, 1.165) is 25.9 Å². The maximum atomic E-state index is 12.4. The number of benzene rings is 1. The third-order valence-corrected chi connectivity index (χ3v) is 4.96. The van der Waals surface area contributed by atoms with Gasteiger partial charge in [0, 0.05) is 6.04 Å². The summed E-state index contributed by atoms with van der Waals surface area (Å²) in [5.74, 6) is 0.378. The van der Waals surface area contributed by atoms with Gasteiger partial charge >= 0.3 is 0 Å². The van der Waals surface area contributed by atoms with Gasteiger partial charge in [0.1, 0.15) is 10.6 Å². The Morgan fingerprint density at radius 2 is 1.89 bits per heavy atom. The van der Waals surface area contributed by atoms with E-state index >= 15 is 0 Å². The minimum atomic E-state index is -3.51. The maximum absolute atomic E-state index is 12.4. The molecular weight excluding hydrogens is 264 g/mol. The molecule has 1 aromatic rings. The fourth-order valence-corrected chi connectivity index (χ4v) is 3.73. The van der Waals surface area contributed by atoms with E-state index in [4.69, 9.17) is 4.74 Å². The molecule has 0 unspecified atom stereocenters. The SMILES string of the molecule is COc1ccccc1S(=O)(=O)NC1CCN(C)CC1. The molecule has 0 bridgehead atoms. The first-order chi connectivity index (χ1) is 9.03. The standard InChI is InChI=1S/C13H20N2O3S/c1-15-9-7-11(8-10-15)14-19(16,17)13-6-4-3-5-12(13)18-2/h3-6,11,14H,7-10H2,1-2H3. The van der Waals surface area contributed by atoms with Crippen molar-refractivity contribution in [3.63, 3.8) is 0 Å². The van der Waals surface area contributed by atoms with E-state index < -0.39 is 10.0 Å². The molecule has 1 heterocycles. The molecule has 6 heteroatoms. The first-order valence-corrected chi connectivity index (χ1v) is 7.85. The lowest BCUT2D eigenvalue weighted by Crippen LogP contribution is -2.43. The number of para-hydroxylation sites is 1. The second kappa shape index (κ2) is 5.90. The van der Waals surface area contributed by atoms with Crippen LogP contribution in [0.5, 0.6) is 5.75 Å². The Bertz CT molecular complexity index is 522. The van der Waals surface area contributed by atoms with E-state index in [1.165, 1.54) is 7.11 Å². The molecule has 0 aromatic heterocycles. The Kier molecular flexibility index (Phi) is 4.44. The van der Waals surface area contributed by atoms with Gasteiger partial charge in [-0.3, -0.25) is 0 Å². The van der Waals surface area contributed by atoms with Crippen LogP contribution in [0.4, 0.5) is 0 Å². The van der Waals surface area contributed by atoms with E-state index in [1.807, 2.05) is 7.05 Å². The summed E-state index contributed by atoms with van der Waals surface area (Å²) in [4.78, 5) is 2.41. The molecule has 1 fully saturated rings. The Morgan fingerprint density at radius 3 is 2.53 bits per heavy atom. The first-order valence-electron chi connectivity index (χ1n) is 6.37. The van der Waals surface area contributed by atoms with E-state index in [0.29, 0.717) is 5.75 Å². The minimum Gasteiger partial charge on any atom is -0.495 e. The maximum Gasteiger partial charge on any atom is 0.244 e. The van der Waals surface area contributed by atoms with E-state index in [1.54, 1.807) is 24.3 Å². The van der Waals surface area contributed by atoms with Crippen LogP contribution in [-0.4, -0.2) is 46.6 Å². The van der Waals surface area contributed by atoms with Crippen LogP contribution in [0, 0.1) is 0 Å². The fourth-order valence-electron chi connectivity index (χ4n) is 2.25. The molecule has 0 radical (unpaired) electrons. The van der Waals surface area contributed by atoms with Crippen LogP contribution < -0.4 is 9.46 Å². The van der Waals surface area contributed by atoms with Crippen molar-refractivity contribution in [2.45, 2.75) is 23.8 Å². The monoisotopic (exact) mass is 284 g/mol. The van der Waals surface area contributed by atoms with Crippen molar-refractivity contribution < 1.29 is 13.2 Å². The molecule has 106 valence electrons. The third kappa shape index (κ3) is 3.46. The predicted octanol–water partition coefficient (Wildman–Crippen LogP) is 1.07. The van der Waals surface area contributed by atoms with Crippen LogP contribution >= 0.6 is 0 Å². The predicted molar refractivity (Wildman–Crippen MR) is 73.8 cm³/mol. The van der Waals surface area contributed by atoms with Crippen LogP contribution in [0.15, 0.2) is 29.2 Å². The van der Waals surface area contributed by atoms with Gasteiger partial charge in [-0.25, -0.2) is 13.1 Å². The summed E-state index contributed by atoms with van der Waals surface area (Å²) < 4.78 is 32.6. The minimum absolute atomic E-state index is 0.00566. The Balaban J connectivity index is 2.14. The number of hydrogen-bond donors (Lipinski definition) is 1. The van der Waals surface area contributed by atoms with E-state index in [2.05, 4.69) is 9.62 Å². The Morgan fingerprint density at radius 1 is 1.26 bits per heavy atom. The summed E-state index contributed by atoms with van der Waals surface area (Å²) in [6.45, 7) is 1.83. The molecule has 1 saturated heterocycles. The molecule has 0 spiro atoms. The van der Waals surface area contributed by atoms with Crippen molar-refractivity contribution in [1.82, 2.24) is 9.62 Å². The zero-order chi connectivity index (χ0) is 13.9. The van der Waals surface area contributed by atoms with Gasteiger partial charge in [-0.05, 0) is 45.1 Å². The molecule has 2 rings (SSSR count). The van der Waals surface area contributed by atoms with Crippen molar-refractivity contribution in [3.8, 4) is 5.75 Å². The highest BCUT2D eigenvalue weighted by Crippen LogP contribution is 2.23. The summed E-state index contributed by atoms with van der Waals surface area (Å²) >= 11 is 0. The number of sulfonamides is 1. The van der Waals surface area contributed by atoms with Gasteiger partial charge in [0.05, 0.1) is 7.11 Å². The van der Waals surface area contributed by atoms with Gasteiger partial charge in [0.15, 0.2) is 0 Å². The zero-order valence-corrected chi connectivity index (χ0v) is 12.1. The highest BCUT2D eigenvalue weighted by molar-refractivity contribution is 7.89. The van der Waals surface area contributed by atoms with Crippen molar-refractivity contribution >= 4 is 10.0 Å². The average molecular weight is 284 g/mol. The molecule has 1 N–H and O–H groups in total. The Hall–Kier alpha value is -1.11. The van der Waals surface area contributed by atoms with Crippen molar-refractivity contribution in [2.75, 3.05) is 27.2 Å². The lowest BCUT2D eigenvalue weighted by molar-refractivity contribution is 0.248. The van der Waals surface area contributed by atoms with Crippen molar-refractivity contribution in [2.24, 2.45) is 0 Å². The number of rotatable bonds is 4. The van der Waals surface area contributed by atoms with Gasteiger partial charge < -0.3 is 9.64 Å². The molecule has 19 heavy (non-hydrogen) atoms. The van der Waals surface area contributed by atoms with Crippen molar-refractivity contribution in [1.29, 1.82) is 0 Å². The normalized spacial score (nSPS) is 18.4. The second-order valence-corrected chi connectivity index (χ2v) is 6.53. The lowest BCUT2D eigenvalue weighted by Gasteiger charge is -2.29. The molecular formula is C13H20N2O3S. The number of nitrogens with one attached hydrogen (secondary N) is 1. The van der Waals surface area contributed by atoms with Gasteiger partial charge in [0.2, 0.25) is 10.0 Å². The van der Waals surface area contributed by atoms with Gasteiger partial charge in [-0.15, -0.1) is 0 Å². The molecule has 1 aromatic carbocycles. The molecule has 5 nitrogen and oxygen atoms in total. The van der Waals surface area contributed by atoms with Gasteiger partial charge in [0.25, 0.3) is 0 Å². The van der Waals surface area contributed by atoms with Crippen LogP contribution in [0.3, 0.4) is 0 Å². The summed E-state index contributed by atoms with van der Waals surface area (Å²) in [5.41, 5.74) is 0. The molecule has 0 saturated carbocycles. The molecule has 0 aliphatic carbocycles. The van der Waals surface area contributed by atoms with E-state index in [9.17, 15) is 8.42 Å². The van der Waals surface area contributed by atoms with E-state index in [-0.39, 0.29) is 10.9 Å². The number of likely N-dealkylation sites (tertiary alicyclic amines) is 1. The number of piperidine rings is 1. The number of methoxy groups -OCH3 is 1. The van der Waals surface area contributed by atoms with Gasteiger partial charge in [-0.1, -0.05) is 12.1 Å². The Labute approximate surface area is 114 Å². The summed E-state index contributed by atoms with van der Waals surface area (Å²) in [5, 5.41) is 0. The van der Waals surface area contributed by atoms with Crippen LogP contribution in [0.1, 0.15) is 12.8 Å². The summed E-state index contributed by atoms with van der Waals surface area (Å²) in [6.07, 6.45) is 1.68. The topological polar surface area (TPSA) is 58.6 Å². The molecule has 1 aliphatic rings. The molecule has 0 atom stereocenters. The summed E-state index contributed by atoms with van der Waals surface area (Å²) in [6, 6.07) is 6.68. The highest BCUT2D eigenvalue weighted by atomic mass is 32.2. The molecule has 0 amide bonds. The van der Waals surface area contributed by atoms with Crippen LogP contribution in [0.2, 0.25) is 0 Å². The van der Waals surface area contributed by atoms with Crippen LogP contribution in [0.25, 0.3) is 0 Å². The zero-order valence-electron chi connectivity index (χ0n) is 11.3. The number of hydrogen-bond acceptors (Lipinski definition) is 4. The largest absolute Gasteiger partial charge is 0.495 e. The lowest BCUT2D eigenvalue weighted by atomic mass is 10.1. The fraction of sp³-hybridized carbons (Fsp3) is 0.538. The quantitative estimate of drug-likeness (QED) is 0.898. The summed E-state index contributed by atoms with van der Waals surface area (Å²) in [7, 11) is 0.00902. The second-order valence-electron chi connectivity index (χ2n) is 4.85. The smallest absolute Gasteiger partial charge is 0.244 e. The molecule has 1 aliphatic heterocycles. The third-order valence-electron chi connectivity index (χ3n) is 3.40. The van der Waals surface area contributed by atoms with Crippen molar-refractivity contribution in [3.05, 3.63) is 24.3 Å².